The number of nitrogens with two attached hydrogens (primary N) is 1. The van der Waals surface area contributed by atoms with E-state index in [2.05, 4.69) is 48.3 Å². The number of hydrogen-bond donors (Lipinski definition) is 2. The van der Waals surface area contributed by atoms with Crippen LogP contribution >= 0.6 is 0 Å². The molecule has 0 amide bonds. The molecule has 3 nitrogen and oxygen atoms in total. The molecule has 2 aromatic rings. The van der Waals surface area contributed by atoms with Gasteiger partial charge >= 0.3 is 0 Å². The Morgan fingerprint density at radius 2 is 2.05 bits per heavy atom. The maximum Gasteiger partial charge on any atom is 0.0489 e. The van der Waals surface area contributed by atoms with Crippen molar-refractivity contribution < 1.29 is 0 Å². The molecule has 1 aliphatic rings. The molecule has 1 aromatic heterocycles. The number of piperidine rings is 1. The second-order valence-electron chi connectivity index (χ2n) is 6.18. The van der Waals surface area contributed by atoms with Crippen molar-refractivity contribution in [2.75, 3.05) is 26.7 Å². The Bertz CT molecular complexity index is 591. The molecule has 0 radical (unpaired) electrons. The van der Waals surface area contributed by atoms with Gasteiger partial charge in [-0.15, -0.1) is 0 Å². The molecular weight excluding hydrogens is 246 g/mol. The van der Waals surface area contributed by atoms with Crippen molar-refractivity contribution in [3.63, 3.8) is 0 Å². The predicted molar refractivity (Wildman–Crippen MR) is 85.1 cm³/mol. The fourth-order valence-corrected chi connectivity index (χ4v) is 3.58. The van der Waals surface area contributed by atoms with Crippen molar-refractivity contribution >= 4 is 10.9 Å². The lowest BCUT2D eigenvalue weighted by Crippen LogP contribution is -2.45. The molecular formula is C17H25N3. The fraction of sp³-hybridized carbons (Fsp3) is 0.529. The van der Waals surface area contributed by atoms with Gasteiger partial charge in [-0.3, -0.25) is 0 Å². The largest absolute Gasteiger partial charge is 0.361 e. The van der Waals surface area contributed by atoms with Crippen molar-refractivity contribution in [1.82, 2.24) is 9.88 Å². The zero-order valence-electron chi connectivity index (χ0n) is 12.6. The van der Waals surface area contributed by atoms with Crippen LogP contribution in [0.3, 0.4) is 0 Å². The smallest absolute Gasteiger partial charge is 0.0489 e. The molecule has 1 aromatic carbocycles. The van der Waals surface area contributed by atoms with E-state index in [1.165, 1.54) is 22.0 Å². The third-order valence-electron chi connectivity index (χ3n) is 5.09. The molecule has 0 aliphatic carbocycles. The number of para-hydroxylation sites is 1. The van der Waals surface area contributed by atoms with Gasteiger partial charge in [0.25, 0.3) is 0 Å². The number of benzene rings is 1. The van der Waals surface area contributed by atoms with Gasteiger partial charge in [0.1, 0.15) is 0 Å². The molecule has 3 rings (SSSR count). The highest BCUT2D eigenvalue weighted by Crippen LogP contribution is 2.38. The lowest BCUT2D eigenvalue weighted by Gasteiger charge is -2.40. The maximum absolute atomic E-state index is 6.20. The van der Waals surface area contributed by atoms with Crippen LogP contribution in [-0.4, -0.2) is 36.6 Å². The second-order valence-corrected chi connectivity index (χ2v) is 6.18. The van der Waals surface area contributed by atoms with Gasteiger partial charge in [-0.1, -0.05) is 25.1 Å². The van der Waals surface area contributed by atoms with E-state index in [9.17, 15) is 0 Å². The summed E-state index contributed by atoms with van der Waals surface area (Å²) >= 11 is 0. The number of likely N-dealkylation sites (tertiary alicyclic amines) is 1. The first-order chi connectivity index (χ1) is 9.70. The number of hydrogen-bond acceptors (Lipinski definition) is 2. The van der Waals surface area contributed by atoms with E-state index in [1.807, 2.05) is 0 Å². The van der Waals surface area contributed by atoms with E-state index in [0.29, 0.717) is 0 Å². The van der Waals surface area contributed by atoms with Crippen LogP contribution in [0, 0.1) is 0 Å². The van der Waals surface area contributed by atoms with Crippen LogP contribution in [0.15, 0.2) is 24.4 Å². The van der Waals surface area contributed by atoms with Gasteiger partial charge < -0.3 is 15.6 Å². The van der Waals surface area contributed by atoms with Gasteiger partial charge in [0.15, 0.2) is 0 Å². The Morgan fingerprint density at radius 1 is 1.30 bits per heavy atom. The minimum Gasteiger partial charge on any atom is -0.361 e. The predicted octanol–water partition coefficient (Wildman–Crippen LogP) is 2.65. The van der Waals surface area contributed by atoms with Gasteiger partial charge in [0, 0.05) is 29.1 Å². The number of fused-ring (bicyclic) bond motifs is 1. The summed E-state index contributed by atoms with van der Waals surface area (Å²) in [4.78, 5) is 5.91. The molecule has 2 heterocycles. The van der Waals surface area contributed by atoms with E-state index in [-0.39, 0.29) is 5.41 Å². The topological polar surface area (TPSA) is 45.0 Å². The summed E-state index contributed by atoms with van der Waals surface area (Å²) in [6, 6.07) is 6.64. The number of nitrogens with zero attached hydrogens (tertiary/aromatic N) is 1. The zero-order valence-corrected chi connectivity index (χ0v) is 12.6. The monoisotopic (exact) mass is 271 g/mol. The summed E-state index contributed by atoms with van der Waals surface area (Å²) < 4.78 is 0. The lowest BCUT2D eigenvalue weighted by atomic mass is 9.72. The standard InChI is InChI=1S/C17H25N3/c1-3-13-5-4-6-14-15(11-19-16(13)14)17(12-18)7-9-20(2)10-8-17/h4-6,11,19H,3,7-10,12,18H2,1-2H3. The molecule has 0 atom stereocenters. The van der Waals surface area contributed by atoms with E-state index in [1.54, 1.807) is 0 Å². The van der Waals surface area contributed by atoms with Gasteiger partial charge in [0.2, 0.25) is 0 Å². The van der Waals surface area contributed by atoms with Crippen LogP contribution in [0.25, 0.3) is 10.9 Å². The van der Waals surface area contributed by atoms with Crippen LogP contribution in [0.2, 0.25) is 0 Å². The van der Waals surface area contributed by atoms with Crippen molar-refractivity contribution in [2.45, 2.75) is 31.6 Å². The summed E-state index contributed by atoms with van der Waals surface area (Å²) in [6.45, 7) is 5.22. The molecule has 3 N–H and O–H groups in total. The van der Waals surface area contributed by atoms with Crippen molar-refractivity contribution in [1.29, 1.82) is 0 Å². The van der Waals surface area contributed by atoms with Crippen LogP contribution in [0.4, 0.5) is 0 Å². The van der Waals surface area contributed by atoms with E-state index in [0.717, 1.165) is 38.9 Å². The molecule has 3 heteroatoms. The summed E-state index contributed by atoms with van der Waals surface area (Å²) in [5.74, 6) is 0. The number of rotatable bonds is 3. The summed E-state index contributed by atoms with van der Waals surface area (Å²) in [7, 11) is 2.20. The molecule has 0 spiro atoms. The SMILES string of the molecule is CCc1cccc2c(C3(CN)CCN(C)CC3)c[nH]c12. The number of aryl methyl sites for hydroxylation is 1. The highest BCUT2D eigenvalue weighted by molar-refractivity contribution is 5.87. The Morgan fingerprint density at radius 3 is 2.70 bits per heavy atom. The highest BCUT2D eigenvalue weighted by Gasteiger charge is 2.36. The number of H-pyrrole nitrogens is 1. The summed E-state index contributed by atoms with van der Waals surface area (Å²) in [6.07, 6.45) is 5.59. The summed E-state index contributed by atoms with van der Waals surface area (Å²) in [5, 5.41) is 1.37. The maximum atomic E-state index is 6.20. The molecule has 1 fully saturated rings. The first-order valence-electron chi connectivity index (χ1n) is 7.68. The van der Waals surface area contributed by atoms with E-state index in [4.69, 9.17) is 5.73 Å². The Balaban J connectivity index is 2.09. The first-order valence-corrected chi connectivity index (χ1v) is 7.68. The van der Waals surface area contributed by atoms with E-state index >= 15 is 0 Å². The van der Waals surface area contributed by atoms with Crippen molar-refractivity contribution in [2.24, 2.45) is 5.73 Å². The minimum absolute atomic E-state index is 0.150. The highest BCUT2D eigenvalue weighted by atomic mass is 15.1. The molecule has 1 saturated heterocycles. The van der Waals surface area contributed by atoms with Crippen LogP contribution in [-0.2, 0) is 11.8 Å². The quantitative estimate of drug-likeness (QED) is 0.901. The Kier molecular flexibility index (Phi) is 3.57. The molecule has 0 unspecified atom stereocenters. The van der Waals surface area contributed by atoms with Gasteiger partial charge in [-0.25, -0.2) is 0 Å². The normalized spacial score (nSPS) is 19.6. The average Bonchev–Trinajstić information content (AvgIpc) is 2.93. The molecule has 0 saturated carbocycles. The Hall–Kier alpha value is -1.32. The molecule has 108 valence electrons. The molecule has 0 bridgehead atoms. The number of nitrogens with one attached hydrogen (secondary N) is 1. The number of aromatic amines is 1. The third-order valence-corrected chi connectivity index (χ3v) is 5.09. The number of aromatic nitrogens is 1. The van der Waals surface area contributed by atoms with Crippen LogP contribution < -0.4 is 5.73 Å². The lowest BCUT2D eigenvalue weighted by molar-refractivity contribution is 0.193. The second kappa shape index (κ2) is 5.23. The third kappa shape index (κ3) is 2.05. The van der Waals surface area contributed by atoms with Crippen LogP contribution in [0.5, 0.6) is 0 Å². The van der Waals surface area contributed by atoms with Gasteiger partial charge in [-0.05, 0) is 50.5 Å². The molecule has 20 heavy (non-hydrogen) atoms. The van der Waals surface area contributed by atoms with Gasteiger partial charge in [0.05, 0.1) is 0 Å². The van der Waals surface area contributed by atoms with Crippen LogP contribution in [0.1, 0.15) is 30.9 Å². The minimum atomic E-state index is 0.150. The zero-order chi connectivity index (χ0) is 14.2. The fourth-order valence-electron chi connectivity index (χ4n) is 3.58. The molecule has 1 aliphatic heterocycles. The average molecular weight is 271 g/mol. The summed E-state index contributed by atoms with van der Waals surface area (Å²) in [5.41, 5.74) is 10.5. The van der Waals surface area contributed by atoms with E-state index < -0.39 is 0 Å². The van der Waals surface area contributed by atoms with Crippen molar-refractivity contribution in [3.05, 3.63) is 35.5 Å². The van der Waals surface area contributed by atoms with Gasteiger partial charge in [-0.2, -0.15) is 0 Å². The first kappa shape index (κ1) is 13.7. The Labute approximate surface area is 121 Å². The van der Waals surface area contributed by atoms with Crippen molar-refractivity contribution in [3.8, 4) is 0 Å².